The SMILES string of the molecule is CC(C)(C)OC(=O)CC[SH](=O)=O. The van der Waals surface area contributed by atoms with E-state index in [1.807, 2.05) is 0 Å². The topological polar surface area (TPSA) is 60.4 Å². The van der Waals surface area contributed by atoms with Gasteiger partial charge in [0.25, 0.3) is 0 Å². The molecule has 0 aliphatic carbocycles. The molecule has 0 amide bonds. The fraction of sp³-hybridized carbons (Fsp3) is 0.857. The van der Waals surface area contributed by atoms with E-state index in [0.717, 1.165) is 0 Å². The molecule has 5 heteroatoms. The van der Waals surface area contributed by atoms with Crippen LogP contribution in [-0.4, -0.2) is 25.7 Å². The summed E-state index contributed by atoms with van der Waals surface area (Å²) < 4.78 is 25.1. The summed E-state index contributed by atoms with van der Waals surface area (Å²) in [7, 11) is -2.48. The van der Waals surface area contributed by atoms with Crippen LogP contribution in [-0.2, 0) is 20.2 Å². The van der Waals surface area contributed by atoms with Crippen molar-refractivity contribution in [3.8, 4) is 0 Å². The largest absolute Gasteiger partial charge is 0.460 e. The molecule has 0 spiro atoms. The van der Waals surface area contributed by atoms with E-state index in [4.69, 9.17) is 4.74 Å². The number of hydrogen-bond acceptors (Lipinski definition) is 4. The first kappa shape index (κ1) is 11.4. The van der Waals surface area contributed by atoms with Gasteiger partial charge < -0.3 is 4.74 Å². The van der Waals surface area contributed by atoms with E-state index in [1.54, 1.807) is 20.8 Å². The van der Waals surface area contributed by atoms with Gasteiger partial charge in [-0.1, -0.05) is 0 Å². The first-order valence-corrected chi connectivity index (χ1v) is 5.01. The summed E-state index contributed by atoms with van der Waals surface area (Å²) in [6.45, 7) is 5.21. The smallest absolute Gasteiger partial charge is 0.307 e. The lowest BCUT2D eigenvalue weighted by Crippen LogP contribution is -2.24. The monoisotopic (exact) mass is 194 g/mol. The van der Waals surface area contributed by atoms with Crippen LogP contribution >= 0.6 is 0 Å². The van der Waals surface area contributed by atoms with Gasteiger partial charge in [-0.15, -0.1) is 0 Å². The fourth-order valence-electron chi connectivity index (χ4n) is 0.575. The minimum Gasteiger partial charge on any atom is -0.460 e. The molecule has 0 atom stereocenters. The summed E-state index contributed by atoms with van der Waals surface area (Å²) in [6.07, 6.45) is -0.0595. The summed E-state index contributed by atoms with van der Waals surface area (Å²) in [6, 6.07) is 0. The lowest BCUT2D eigenvalue weighted by atomic mass is 10.2. The molecular formula is C7H14O4S. The third kappa shape index (κ3) is 7.53. The van der Waals surface area contributed by atoms with E-state index >= 15 is 0 Å². The molecule has 0 aliphatic rings. The van der Waals surface area contributed by atoms with Crippen LogP contribution in [0.15, 0.2) is 0 Å². The summed E-state index contributed by atoms with van der Waals surface area (Å²) in [5, 5.41) is 0. The Kier molecular flexibility index (Phi) is 4.23. The van der Waals surface area contributed by atoms with Crippen LogP contribution in [0.25, 0.3) is 0 Å². The molecule has 0 aromatic heterocycles. The van der Waals surface area contributed by atoms with Gasteiger partial charge in [0.2, 0.25) is 0 Å². The number of esters is 1. The van der Waals surface area contributed by atoms with Crippen LogP contribution in [0.2, 0.25) is 0 Å². The van der Waals surface area contributed by atoms with Gasteiger partial charge in [0.05, 0.1) is 12.2 Å². The van der Waals surface area contributed by atoms with E-state index in [-0.39, 0.29) is 12.2 Å². The minimum absolute atomic E-state index is 0.0595. The number of rotatable bonds is 3. The Morgan fingerprint density at radius 1 is 1.33 bits per heavy atom. The summed E-state index contributed by atoms with van der Waals surface area (Å²) in [5.41, 5.74) is -0.536. The van der Waals surface area contributed by atoms with Crippen LogP contribution in [0.5, 0.6) is 0 Å². The van der Waals surface area contributed by atoms with Crippen LogP contribution < -0.4 is 0 Å². The third-order valence-corrected chi connectivity index (χ3v) is 1.51. The summed E-state index contributed by atoms with van der Waals surface area (Å²) in [5.74, 6) is -0.605. The zero-order chi connectivity index (χ0) is 9.78. The molecule has 0 bridgehead atoms. The second kappa shape index (κ2) is 4.45. The Morgan fingerprint density at radius 3 is 2.17 bits per heavy atom. The van der Waals surface area contributed by atoms with Gasteiger partial charge in [-0.05, 0) is 20.8 Å². The van der Waals surface area contributed by atoms with Gasteiger partial charge in [-0.3, -0.25) is 4.79 Å². The number of carbonyl (C=O) groups excluding carboxylic acids is 1. The van der Waals surface area contributed by atoms with Crippen molar-refractivity contribution in [2.75, 3.05) is 5.75 Å². The molecule has 0 rings (SSSR count). The lowest BCUT2D eigenvalue weighted by Gasteiger charge is -2.18. The van der Waals surface area contributed by atoms with Crippen LogP contribution in [0, 0.1) is 0 Å². The number of ether oxygens (including phenoxy) is 1. The molecule has 0 N–H and O–H groups in total. The Balaban J connectivity index is 3.76. The van der Waals surface area contributed by atoms with Gasteiger partial charge in [0, 0.05) is 0 Å². The van der Waals surface area contributed by atoms with Crippen molar-refractivity contribution < 1.29 is 17.9 Å². The fourth-order valence-corrected chi connectivity index (χ4v) is 0.940. The van der Waals surface area contributed by atoms with E-state index < -0.39 is 22.3 Å². The van der Waals surface area contributed by atoms with E-state index in [9.17, 15) is 13.2 Å². The van der Waals surface area contributed by atoms with E-state index in [1.165, 1.54) is 0 Å². The molecule has 0 radical (unpaired) electrons. The number of carbonyl (C=O) groups is 1. The first-order valence-electron chi connectivity index (χ1n) is 3.65. The zero-order valence-corrected chi connectivity index (χ0v) is 8.39. The molecule has 72 valence electrons. The molecule has 0 heterocycles. The zero-order valence-electron chi connectivity index (χ0n) is 7.49. The molecule has 0 aliphatic heterocycles. The van der Waals surface area contributed by atoms with Gasteiger partial charge in [0.1, 0.15) is 16.3 Å². The maximum Gasteiger partial charge on any atom is 0.307 e. The standard InChI is InChI=1S/C7H14O4S/c1-7(2,3)11-6(8)4-5-12(9)10/h12H,4-5H2,1-3H3. The minimum atomic E-state index is -2.48. The van der Waals surface area contributed by atoms with Crippen molar-refractivity contribution in [1.82, 2.24) is 0 Å². The highest BCUT2D eigenvalue weighted by Crippen LogP contribution is 2.07. The Morgan fingerprint density at radius 2 is 1.83 bits per heavy atom. The predicted octanol–water partition coefficient (Wildman–Crippen LogP) is 0.330. The second-order valence-electron chi connectivity index (χ2n) is 3.39. The van der Waals surface area contributed by atoms with Gasteiger partial charge in [-0.2, -0.15) is 0 Å². The maximum absolute atomic E-state index is 10.9. The molecule has 4 nitrogen and oxygen atoms in total. The summed E-state index contributed by atoms with van der Waals surface area (Å²) in [4.78, 5) is 10.9. The average molecular weight is 194 g/mol. The molecule has 12 heavy (non-hydrogen) atoms. The molecule has 0 aromatic rings. The second-order valence-corrected chi connectivity index (χ2v) is 4.51. The Hall–Kier alpha value is -0.580. The van der Waals surface area contributed by atoms with Crippen molar-refractivity contribution in [2.24, 2.45) is 0 Å². The quantitative estimate of drug-likeness (QED) is 0.519. The normalized spacial score (nSPS) is 11.7. The van der Waals surface area contributed by atoms with Crippen LogP contribution in [0.1, 0.15) is 27.2 Å². The molecule has 0 unspecified atom stereocenters. The van der Waals surface area contributed by atoms with Gasteiger partial charge >= 0.3 is 5.97 Å². The lowest BCUT2D eigenvalue weighted by molar-refractivity contribution is -0.154. The van der Waals surface area contributed by atoms with Crippen molar-refractivity contribution >= 4 is 16.7 Å². The van der Waals surface area contributed by atoms with Crippen molar-refractivity contribution in [3.63, 3.8) is 0 Å². The van der Waals surface area contributed by atoms with Crippen LogP contribution in [0.4, 0.5) is 0 Å². The predicted molar refractivity (Wildman–Crippen MR) is 45.6 cm³/mol. The molecule has 0 aromatic carbocycles. The molecule has 0 fully saturated rings. The molecule has 0 saturated carbocycles. The first-order chi connectivity index (χ1) is 5.31. The van der Waals surface area contributed by atoms with Crippen molar-refractivity contribution in [1.29, 1.82) is 0 Å². The molecular weight excluding hydrogens is 180 g/mol. The highest BCUT2D eigenvalue weighted by molar-refractivity contribution is 7.72. The van der Waals surface area contributed by atoms with Gasteiger partial charge in [0.15, 0.2) is 0 Å². The Bertz CT molecular complexity index is 216. The number of thiol groups is 1. The van der Waals surface area contributed by atoms with Gasteiger partial charge in [-0.25, -0.2) is 8.42 Å². The van der Waals surface area contributed by atoms with Crippen molar-refractivity contribution in [3.05, 3.63) is 0 Å². The highest BCUT2D eigenvalue weighted by atomic mass is 32.2. The van der Waals surface area contributed by atoms with E-state index in [0.29, 0.717) is 0 Å². The maximum atomic E-state index is 10.9. The average Bonchev–Trinajstić information content (AvgIpc) is 1.79. The van der Waals surface area contributed by atoms with Crippen molar-refractivity contribution in [2.45, 2.75) is 32.8 Å². The number of hydrogen-bond donors (Lipinski definition) is 1. The van der Waals surface area contributed by atoms with Crippen LogP contribution in [0.3, 0.4) is 0 Å². The highest BCUT2D eigenvalue weighted by Gasteiger charge is 2.15. The van der Waals surface area contributed by atoms with E-state index in [2.05, 4.69) is 0 Å². The Labute approximate surface area is 73.9 Å². The summed E-state index contributed by atoms with van der Waals surface area (Å²) >= 11 is 0. The molecule has 0 saturated heterocycles. The third-order valence-electron chi connectivity index (χ3n) is 0.919.